The van der Waals surface area contributed by atoms with Crippen LogP contribution < -0.4 is 10.6 Å². The van der Waals surface area contributed by atoms with Crippen LogP contribution in [0.25, 0.3) is 0 Å². The Morgan fingerprint density at radius 1 is 1.17 bits per heavy atom. The van der Waals surface area contributed by atoms with Crippen LogP contribution in [-0.4, -0.2) is 43.2 Å². The number of hydrogen-bond acceptors (Lipinski definition) is 4. The Hall–Kier alpha value is -2.58. The summed E-state index contributed by atoms with van der Waals surface area (Å²) in [6, 6.07) is 6.73. The topological polar surface area (TPSA) is 84.5 Å². The molecule has 0 aliphatic carbocycles. The third kappa shape index (κ3) is 6.67. The lowest BCUT2D eigenvalue weighted by molar-refractivity contribution is -0.174. The maximum atomic E-state index is 12.4. The molecule has 0 radical (unpaired) electrons. The van der Waals surface area contributed by atoms with E-state index in [9.17, 15) is 27.6 Å². The third-order valence-corrected chi connectivity index (χ3v) is 2.87. The molecule has 9 heteroatoms. The second-order valence-corrected chi connectivity index (χ2v) is 4.74. The molecule has 0 unspecified atom stereocenters. The van der Waals surface area contributed by atoms with Crippen LogP contribution in [-0.2, 0) is 25.5 Å². The van der Waals surface area contributed by atoms with Gasteiger partial charge in [-0.05, 0) is 12.5 Å². The first-order valence-corrected chi connectivity index (χ1v) is 7.09. The molecule has 0 heterocycles. The molecule has 0 spiro atoms. The molecule has 2 N–H and O–H groups in total. The summed E-state index contributed by atoms with van der Waals surface area (Å²) in [6.45, 7) is 1.17. The van der Waals surface area contributed by atoms with E-state index in [0.29, 0.717) is 5.56 Å². The zero-order valence-electron chi connectivity index (χ0n) is 12.9. The highest BCUT2D eigenvalue weighted by Gasteiger charge is 2.40. The largest absolute Gasteiger partial charge is 0.471 e. The zero-order valence-corrected chi connectivity index (χ0v) is 12.9. The van der Waals surface area contributed by atoms with Gasteiger partial charge in [0.15, 0.2) is 0 Å². The minimum absolute atomic E-state index is 0.104. The predicted molar refractivity (Wildman–Crippen MR) is 77.8 cm³/mol. The molecule has 0 aliphatic rings. The van der Waals surface area contributed by atoms with Crippen LogP contribution in [0.15, 0.2) is 30.3 Å². The molecule has 0 saturated carbocycles. The molecular weight excluding hydrogens is 329 g/mol. The van der Waals surface area contributed by atoms with Gasteiger partial charge in [0.1, 0.15) is 12.6 Å². The number of carbonyl (C=O) groups is 3. The van der Waals surface area contributed by atoms with Gasteiger partial charge >= 0.3 is 18.1 Å². The molecule has 1 atom stereocenters. The van der Waals surface area contributed by atoms with Crippen molar-refractivity contribution < 1.29 is 32.3 Å². The Kier molecular flexibility index (Phi) is 7.22. The Labute approximate surface area is 136 Å². The highest BCUT2D eigenvalue weighted by atomic mass is 19.4. The molecule has 24 heavy (non-hydrogen) atoms. The monoisotopic (exact) mass is 346 g/mol. The normalized spacial score (nSPS) is 12.2. The minimum atomic E-state index is -5.11. The molecule has 1 rings (SSSR count). The number of halogens is 3. The Morgan fingerprint density at radius 2 is 1.79 bits per heavy atom. The standard InChI is InChI=1S/C15H17F3N2O4/c1-2-24-12(21)9-19-13(22)11(20-14(23)15(16,17)18)8-10-6-4-3-5-7-10/h3-7,11H,2,8-9H2,1H3,(H,19,22)(H,20,23)/t11-/m0/s1. The number of carbonyl (C=O) groups excluding carboxylic acids is 3. The van der Waals surface area contributed by atoms with Crippen molar-refractivity contribution in [3.63, 3.8) is 0 Å². The number of ether oxygens (including phenoxy) is 1. The maximum Gasteiger partial charge on any atom is 0.471 e. The lowest BCUT2D eigenvalue weighted by Crippen LogP contribution is -2.52. The van der Waals surface area contributed by atoms with Gasteiger partial charge in [0.2, 0.25) is 5.91 Å². The molecule has 0 aromatic heterocycles. The number of benzene rings is 1. The summed E-state index contributed by atoms with van der Waals surface area (Å²) in [5, 5.41) is 3.78. The van der Waals surface area contributed by atoms with E-state index in [1.807, 2.05) is 0 Å². The quantitative estimate of drug-likeness (QED) is 0.720. The molecule has 0 aliphatic heterocycles. The summed E-state index contributed by atoms with van der Waals surface area (Å²) in [7, 11) is 0. The van der Waals surface area contributed by atoms with Crippen LogP contribution in [0.4, 0.5) is 13.2 Å². The van der Waals surface area contributed by atoms with Crippen molar-refractivity contribution in [2.75, 3.05) is 13.2 Å². The van der Waals surface area contributed by atoms with Gasteiger partial charge in [0.05, 0.1) is 6.61 Å². The number of esters is 1. The molecule has 0 saturated heterocycles. The number of alkyl halides is 3. The van der Waals surface area contributed by atoms with E-state index in [2.05, 4.69) is 10.1 Å². The van der Waals surface area contributed by atoms with Gasteiger partial charge in [0, 0.05) is 6.42 Å². The number of rotatable bonds is 7. The van der Waals surface area contributed by atoms with Gasteiger partial charge in [-0.25, -0.2) is 0 Å². The smallest absolute Gasteiger partial charge is 0.465 e. The van der Waals surface area contributed by atoms with Crippen molar-refractivity contribution in [2.45, 2.75) is 25.6 Å². The van der Waals surface area contributed by atoms with E-state index in [1.165, 1.54) is 0 Å². The molecule has 1 aromatic rings. The summed E-state index contributed by atoms with van der Waals surface area (Å²) in [5.74, 6) is -3.87. The zero-order chi connectivity index (χ0) is 18.2. The van der Waals surface area contributed by atoms with Crippen LogP contribution in [0.2, 0.25) is 0 Å². The summed E-state index contributed by atoms with van der Waals surface area (Å²) >= 11 is 0. The Morgan fingerprint density at radius 3 is 2.33 bits per heavy atom. The van der Waals surface area contributed by atoms with E-state index in [-0.39, 0.29) is 13.0 Å². The molecular formula is C15H17F3N2O4. The lowest BCUT2D eigenvalue weighted by atomic mass is 10.1. The van der Waals surface area contributed by atoms with E-state index >= 15 is 0 Å². The van der Waals surface area contributed by atoms with Crippen LogP contribution in [0.3, 0.4) is 0 Å². The van der Waals surface area contributed by atoms with Crippen molar-refractivity contribution in [1.82, 2.24) is 10.6 Å². The first kappa shape index (κ1) is 19.5. The van der Waals surface area contributed by atoms with Crippen molar-refractivity contribution in [3.05, 3.63) is 35.9 Å². The predicted octanol–water partition coefficient (Wildman–Crippen LogP) is 0.955. The van der Waals surface area contributed by atoms with Gasteiger partial charge in [-0.15, -0.1) is 0 Å². The fourth-order valence-electron chi connectivity index (χ4n) is 1.79. The molecule has 132 valence electrons. The third-order valence-electron chi connectivity index (χ3n) is 2.87. The van der Waals surface area contributed by atoms with Gasteiger partial charge in [-0.3, -0.25) is 14.4 Å². The second kappa shape index (κ2) is 8.90. The van der Waals surface area contributed by atoms with E-state index in [1.54, 1.807) is 42.6 Å². The maximum absolute atomic E-state index is 12.4. The lowest BCUT2D eigenvalue weighted by Gasteiger charge is -2.19. The van der Waals surface area contributed by atoms with E-state index in [4.69, 9.17) is 0 Å². The fraction of sp³-hybridized carbons (Fsp3) is 0.400. The van der Waals surface area contributed by atoms with Crippen LogP contribution in [0, 0.1) is 0 Å². The number of nitrogens with one attached hydrogen (secondary N) is 2. The summed E-state index contributed by atoms with van der Waals surface area (Å²) in [6.07, 6.45) is -5.27. The molecule has 2 amide bonds. The summed E-state index contributed by atoms with van der Waals surface area (Å²) in [5.41, 5.74) is 0.552. The van der Waals surface area contributed by atoms with Crippen molar-refractivity contribution in [1.29, 1.82) is 0 Å². The van der Waals surface area contributed by atoms with Gasteiger partial charge < -0.3 is 15.4 Å². The molecule has 1 aromatic carbocycles. The molecule has 0 fully saturated rings. The van der Waals surface area contributed by atoms with Crippen LogP contribution >= 0.6 is 0 Å². The Bertz CT molecular complexity index is 576. The average Bonchev–Trinajstić information content (AvgIpc) is 2.52. The van der Waals surface area contributed by atoms with Crippen LogP contribution in [0.1, 0.15) is 12.5 Å². The van der Waals surface area contributed by atoms with E-state index < -0.39 is 36.5 Å². The summed E-state index contributed by atoms with van der Waals surface area (Å²) in [4.78, 5) is 34.3. The van der Waals surface area contributed by atoms with Crippen molar-refractivity contribution in [3.8, 4) is 0 Å². The average molecular weight is 346 g/mol. The molecule has 6 nitrogen and oxygen atoms in total. The second-order valence-electron chi connectivity index (χ2n) is 4.74. The number of amides is 2. The summed E-state index contributed by atoms with van der Waals surface area (Å²) < 4.78 is 41.8. The van der Waals surface area contributed by atoms with Gasteiger partial charge in [-0.2, -0.15) is 13.2 Å². The van der Waals surface area contributed by atoms with Gasteiger partial charge in [-0.1, -0.05) is 30.3 Å². The van der Waals surface area contributed by atoms with Gasteiger partial charge in [0.25, 0.3) is 0 Å². The minimum Gasteiger partial charge on any atom is -0.465 e. The van der Waals surface area contributed by atoms with Crippen LogP contribution in [0.5, 0.6) is 0 Å². The Balaban J connectivity index is 2.78. The fourth-order valence-corrected chi connectivity index (χ4v) is 1.79. The van der Waals surface area contributed by atoms with Crippen molar-refractivity contribution in [2.24, 2.45) is 0 Å². The highest BCUT2D eigenvalue weighted by molar-refractivity contribution is 5.91. The van der Waals surface area contributed by atoms with Crippen molar-refractivity contribution >= 4 is 17.8 Å². The first-order chi connectivity index (χ1) is 11.2. The highest BCUT2D eigenvalue weighted by Crippen LogP contribution is 2.15. The number of hydrogen-bond donors (Lipinski definition) is 2. The molecule has 0 bridgehead atoms. The SMILES string of the molecule is CCOC(=O)CNC(=O)[C@H](Cc1ccccc1)NC(=O)C(F)(F)F. The first-order valence-electron chi connectivity index (χ1n) is 7.09. The van der Waals surface area contributed by atoms with E-state index in [0.717, 1.165) is 0 Å².